The Hall–Kier alpha value is -0.0400. The van der Waals surface area contributed by atoms with Gasteiger partial charge in [-0.15, -0.1) is 0 Å². The second kappa shape index (κ2) is 6.47. The van der Waals surface area contributed by atoms with Gasteiger partial charge in [-0.1, -0.05) is 19.8 Å². The SMILES string of the molecule is CCCCC(C)(C#N)C(=O)[O-].[Na+]. The van der Waals surface area contributed by atoms with Gasteiger partial charge in [0, 0.05) is 0 Å². The molecule has 62 valence electrons. The molecule has 0 N–H and O–H groups in total. The molecular formula is C8H12NNaO2. The Morgan fingerprint density at radius 3 is 2.42 bits per heavy atom. The summed E-state index contributed by atoms with van der Waals surface area (Å²) in [7, 11) is 0. The summed E-state index contributed by atoms with van der Waals surface area (Å²) in [5.41, 5.74) is -1.30. The Morgan fingerprint density at radius 2 is 2.17 bits per heavy atom. The van der Waals surface area contributed by atoms with Gasteiger partial charge in [0.15, 0.2) is 0 Å². The standard InChI is InChI=1S/C8H13NO2.Na/c1-3-4-5-8(2,6-9)7(10)11;/h3-5H2,1-2H3,(H,10,11);/q;+1/p-1. The molecule has 0 aromatic rings. The fourth-order valence-electron chi connectivity index (χ4n) is 0.734. The zero-order valence-electron chi connectivity index (χ0n) is 7.89. The number of hydrogen-bond acceptors (Lipinski definition) is 3. The number of nitriles is 1. The number of aliphatic carboxylic acids is 1. The molecule has 0 aliphatic rings. The Morgan fingerprint density at radius 1 is 1.67 bits per heavy atom. The van der Waals surface area contributed by atoms with Gasteiger partial charge in [-0.25, -0.2) is 0 Å². The van der Waals surface area contributed by atoms with Gasteiger partial charge in [0.2, 0.25) is 0 Å². The molecule has 0 rings (SSSR count). The van der Waals surface area contributed by atoms with Crippen molar-refractivity contribution >= 4 is 5.97 Å². The monoisotopic (exact) mass is 177 g/mol. The van der Waals surface area contributed by atoms with Gasteiger partial charge in [0.05, 0.1) is 17.5 Å². The molecule has 0 amide bonds. The van der Waals surface area contributed by atoms with Crippen LogP contribution >= 0.6 is 0 Å². The molecule has 0 aliphatic carbocycles. The van der Waals surface area contributed by atoms with Gasteiger partial charge in [0.1, 0.15) is 0 Å². The third-order valence-electron chi connectivity index (χ3n) is 1.73. The molecule has 1 atom stereocenters. The fraction of sp³-hybridized carbons (Fsp3) is 0.750. The minimum absolute atomic E-state index is 0. The average molecular weight is 177 g/mol. The first-order valence-corrected chi connectivity index (χ1v) is 3.69. The van der Waals surface area contributed by atoms with E-state index in [2.05, 4.69) is 0 Å². The van der Waals surface area contributed by atoms with Crippen molar-refractivity contribution in [1.82, 2.24) is 0 Å². The smallest absolute Gasteiger partial charge is 0.548 e. The first-order chi connectivity index (χ1) is 5.06. The Bertz CT molecular complexity index is 188. The van der Waals surface area contributed by atoms with Gasteiger partial charge in [0.25, 0.3) is 0 Å². The number of nitrogens with zero attached hydrogens (tertiary/aromatic N) is 1. The van der Waals surface area contributed by atoms with E-state index >= 15 is 0 Å². The van der Waals surface area contributed by atoms with Crippen molar-refractivity contribution in [3.05, 3.63) is 0 Å². The van der Waals surface area contributed by atoms with Crippen LogP contribution in [0.15, 0.2) is 0 Å². The van der Waals surface area contributed by atoms with E-state index in [0.29, 0.717) is 6.42 Å². The molecule has 1 unspecified atom stereocenters. The number of carboxylic acids is 1. The summed E-state index contributed by atoms with van der Waals surface area (Å²) in [6, 6.07) is 1.75. The zero-order chi connectivity index (χ0) is 8.91. The second-order valence-electron chi connectivity index (χ2n) is 2.83. The third-order valence-corrected chi connectivity index (χ3v) is 1.73. The quantitative estimate of drug-likeness (QED) is 0.444. The van der Waals surface area contributed by atoms with Gasteiger partial charge < -0.3 is 9.90 Å². The Balaban J connectivity index is 0. The van der Waals surface area contributed by atoms with E-state index in [0.717, 1.165) is 12.8 Å². The topological polar surface area (TPSA) is 63.9 Å². The normalized spacial score (nSPS) is 13.8. The Kier molecular flexibility index (Phi) is 7.81. The molecule has 0 fully saturated rings. The molecular weight excluding hydrogens is 165 g/mol. The zero-order valence-corrected chi connectivity index (χ0v) is 9.89. The van der Waals surface area contributed by atoms with Crippen molar-refractivity contribution in [3.8, 4) is 6.07 Å². The molecule has 0 heterocycles. The number of carbonyl (C=O) groups is 1. The maximum Gasteiger partial charge on any atom is 1.00 e. The maximum absolute atomic E-state index is 10.4. The van der Waals surface area contributed by atoms with Crippen LogP contribution in [-0.2, 0) is 4.79 Å². The first kappa shape index (κ1) is 14.5. The number of rotatable bonds is 4. The Labute approximate surface area is 95.1 Å². The second-order valence-corrected chi connectivity index (χ2v) is 2.83. The van der Waals surface area contributed by atoms with E-state index in [1.165, 1.54) is 6.92 Å². The largest absolute Gasteiger partial charge is 1.00 e. The van der Waals surface area contributed by atoms with Gasteiger partial charge in [-0.05, 0) is 13.3 Å². The van der Waals surface area contributed by atoms with Gasteiger partial charge >= 0.3 is 29.6 Å². The molecule has 0 saturated heterocycles. The van der Waals surface area contributed by atoms with Crippen LogP contribution in [-0.4, -0.2) is 5.97 Å². The number of unbranched alkanes of at least 4 members (excludes halogenated alkanes) is 1. The molecule has 0 bridgehead atoms. The summed E-state index contributed by atoms with van der Waals surface area (Å²) in [5.74, 6) is -1.27. The van der Waals surface area contributed by atoms with Crippen molar-refractivity contribution in [2.75, 3.05) is 0 Å². The molecule has 0 aliphatic heterocycles. The summed E-state index contributed by atoms with van der Waals surface area (Å²) < 4.78 is 0. The van der Waals surface area contributed by atoms with Crippen LogP contribution in [0.25, 0.3) is 0 Å². The van der Waals surface area contributed by atoms with E-state index in [1.807, 2.05) is 6.92 Å². The van der Waals surface area contributed by atoms with E-state index in [1.54, 1.807) is 6.07 Å². The van der Waals surface area contributed by atoms with Gasteiger partial charge in [-0.3, -0.25) is 0 Å². The third kappa shape index (κ3) is 4.10. The fourth-order valence-corrected chi connectivity index (χ4v) is 0.734. The van der Waals surface area contributed by atoms with Crippen LogP contribution in [0.4, 0.5) is 0 Å². The summed E-state index contributed by atoms with van der Waals surface area (Å²) in [6.07, 6.45) is 2.02. The molecule has 12 heavy (non-hydrogen) atoms. The predicted molar refractivity (Wildman–Crippen MR) is 38.3 cm³/mol. The predicted octanol–water partition coefficient (Wildman–Crippen LogP) is -2.54. The molecule has 0 aromatic heterocycles. The molecule has 4 heteroatoms. The van der Waals surface area contributed by atoms with E-state index in [4.69, 9.17) is 5.26 Å². The molecule has 0 spiro atoms. The average Bonchev–Trinajstić information content (AvgIpc) is 2.00. The minimum atomic E-state index is -1.30. The summed E-state index contributed by atoms with van der Waals surface area (Å²) in [4.78, 5) is 10.4. The molecule has 3 nitrogen and oxygen atoms in total. The van der Waals surface area contributed by atoms with Gasteiger partial charge in [-0.2, -0.15) is 5.26 Å². The van der Waals surface area contributed by atoms with Crippen LogP contribution in [0.1, 0.15) is 33.1 Å². The van der Waals surface area contributed by atoms with E-state index in [-0.39, 0.29) is 29.6 Å². The number of carbonyl (C=O) groups excluding carboxylic acids is 1. The number of hydrogen-bond donors (Lipinski definition) is 0. The summed E-state index contributed by atoms with van der Waals surface area (Å²) in [5, 5.41) is 18.9. The van der Waals surface area contributed by atoms with Crippen molar-refractivity contribution in [1.29, 1.82) is 5.26 Å². The van der Waals surface area contributed by atoms with Crippen molar-refractivity contribution < 1.29 is 39.5 Å². The van der Waals surface area contributed by atoms with Crippen LogP contribution in [0.5, 0.6) is 0 Å². The summed E-state index contributed by atoms with van der Waals surface area (Å²) >= 11 is 0. The first-order valence-electron chi connectivity index (χ1n) is 3.69. The van der Waals surface area contributed by atoms with Crippen LogP contribution in [0.2, 0.25) is 0 Å². The summed E-state index contributed by atoms with van der Waals surface area (Å²) in [6.45, 7) is 3.35. The molecule has 0 aromatic carbocycles. The molecule has 0 radical (unpaired) electrons. The van der Waals surface area contributed by atoms with Crippen molar-refractivity contribution in [3.63, 3.8) is 0 Å². The van der Waals surface area contributed by atoms with Crippen LogP contribution in [0.3, 0.4) is 0 Å². The maximum atomic E-state index is 10.4. The number of carboxylic acid groups (broad SMARTS) is 1. The van der Waals surface area contributed by atoms with E-state index < -0.39 is 11.4 Å². The van der Waals surface area contributed by atoms with Crippen LogP contribution < -0.4 is 34.7 Å². The molecule has 0 saturated carbocycles. The minimum Gasteiger partial charge on any atom is -0.548 e. The van der Waals surface area contributed by atoms with E-state index in [9.17, 15) is 9.90 Å². The van der Waals surface area contributed by atoms with Crippen molar-refractivity contribution in [2.45, 2.75) is 33.1 Å². The van der Waals surface area contributed by atoms with Crippen LogP contribution in [0, 0.1) is 16.7 Å². The van der Waals surface area contributed by atoms with Crippen molar-refractivity contribution in [2.24, 2.45) is 5.41 Å².